The number of hydrogen-bond acceptors (Lipinski definition) is 4. The Kier molecular flexibility index (Phi) is 2.82. The van der Waals surface area contributed by atoms with Crippen LogP contribution in [-0.4, -0.2) is 16.7 Å². The quantitative estimate of drug-likeness (QED) is 0.809. The Morgan fingerprint density at radius 3 is 2.80 bits per heavy atom. The molecular weight excluding hydrogens is 196 g/mol. The summed E-state index contributed by atoms with van der Waals surface area (Å²) in [4.78, 5) is 13.0. The molecule has 5 nitrogen and oxygen atoms in total. The van der Waals surface area contributed by atoms with Crippen LogP contribution in [0.1, 0.15) is 5.82 Å². The van der Waals surface area contributed by atoms with E-state index in [0.717, 1.165) is 5.75 Å². The maximum Gasteiger partial charge on any atom is 0.438 e. The Hall–Kier alpha value is -2.04. The van der Waals surface area contributed by atoms with E-state index in [0.29, 0.717) is 18.9 Å². The average molecular weight is 206 g/mol. The van der Waals surface area contributed by atoms with Crippen molar-refractivity contribution in [2.75, 3.05) is 6.61 Å². The maximum atomic E-state index is 10.6. The zero-order chi connectivity index (χ0) is 10.5. The lowest BCUT2D eigenvalue weighted by Gasteiger charge is -2.02. The molecule has 15 heavy (non-hydrogen) atoms. The molecule has 0 fully saturated rings. The molecule has 0 aliphatic heterocycles. The zero-order valence-electron chi connectivity index (χ0n) is 7.97. The number of nitrogens with zero attached hydrogens (tertiary/aromatic N) is 1. The predicted molar refractivity (Wildman–Crippen MR) is 52.8 cm³/mol. The van der Waals surface area contributed by atoms with Gasteiger partial charge in [0.2, 0.25) is 0 Å². The van der Waals surface area contributed by atoms with E-state index >= 15 is 0 Å². The number of hydrogen-bond donors (Lipinski definition) is 1. The normalized spacial score (nSPS) is 10.1. The maximum absolute atomic E-state index is 10.6. The number of rotatable bonds is 4. The molecule has 1 N–H and O–H groups in total. The van der Waals surface area contributed by atoms with Crippen LogP contribution in [0.3, 0.4) is 0 Å². The van der Waals surface area contributed by atoms with Crippen molar-refractivity contribution >= 4 is 0 Å². The molecule has 0 amide bonds. The molecule has 0 saturated heterocycles. The summed E-state index contributed by atoms with van der Waals surface area (Å²) in [6.07, 6.45) is 0.515. The minimum absolute atomic E-state index is 0.451. The van der Waals surface area contributed by atoms with Crippen LogP contribution < -0.4 is 10.5 Å². The number of ether oxygens (including phenoxy) is 1. The van der Waals surface area contributed by atoms with Gasteiger partial charge in [0.1, 0.15) is 5.75 Å². The van der Waals surface area contributed by atoms with Gasteiger partial charge in [0.15, 0.2) is 5.82 Å². The lowest BCUT2D eigenvalue weighted by molar-refractivity contribution is 0.314. The van der Waals surface area contributed by atoms with Gasteiger partial charge in [-0.05, 0) is 12.1 Å². The van der Waals surface area contributed by atoms with Crippen LogP contribution in [0, 0.1) is 0 Å². The highest BCUT2D eigenvalue weighted by molar-refractivity contribution is 5.20. The summed E-state index contributed by atoms with van der Waals surface area (Å²) in [6.45, 7) is 0.451. The van der Waals surface area contributed by atoms with Crippen LogP contribution in [0.15, 0.2) is 39.6 Å². The standard InChI is InChI=1S/C10H10N2O3/c13-10-11-9(12-15-10)6-7-14-8-4-2-1-3-5-8/h1-5H,6-7H2,(H,11,12,13). The van der Waals surface area contributed by atoms with Crippen molar-refractivity contribution in [2.45, 2.75) is 6.42 Å². The van der Waals surface area contributed by atoms with Gasteiger partial charge in [-0.3, -0.25) is 9.51 Å². The zero-order valence-corrected chi connectivity index (χ0v) is 7.97. The molecule has 0 aliphatic carbocycles. The number of para-hydroxylation sites is 1. The molecule has 0 radical (unpaired) electrons. The topological polar surface area (TPSA) is 68.1 Å². The molecular formula is C10H10N2O3. The van der Waals surface area contributed by atoms with E-state index in [2.05, 4.69) is 14.7 Å². The highest BCUT2D eigenvalue weighted by Crippen LogP contribution is 2.08. The van der Waals surface area contributed by atoms with E-state index in [1.807, 2.05) is 30.3 Å². The Balaban J connectivity index is 1.83. The second-order valence-electron chi connectivity index (χ2n) is 2.95. The molecule has 0 unspecified atom stereocenters. The van der Waals surface area contributed by atoms with E-state index in [9.17, 15) is 4.79 Å². The molecule has 78 valence electrons. The molecule has 1 heterocycles. The third-order valence-electron chi connectivity index (χ3n) is 1.84. The van der Waals surface area contributed by atoms with Crippen molar-refractivity contribution in [3.05, 3.63) is 46.7 Å². The summed E-state index contributed by atoms with van der Waals surface area (Å²) in [5, 5.41) is 3.52. The van der Waals surface area contributed by atoms with E-state index in [-0.39, 0.29) is 0 Å². The van der Waals surface area contributed by atoms with Gasteiger partial charge in [0, 0.05) is 6.42 Å². The molecule has 0 bridgehead atoms. The Labute approximate surface area is 85.7 Å². The number of aromatic nitrogens is 2. The van der Waals surface area contributed by atoms with Gasteiger partial charge >= 0.3 is 5.76 Å². The fourth-order valence-corrected chi connectivity index (χ4v) is 1.15. The first-order valence-electron chi connectivity index (χ1n) is 4.57. The predicted octanol–water partition coefficient (Wildman–Crippen LogP) is 0.984. The summed E-state index contributed by atoms with van der Waals surface area (Å²) in [7, 11) is 0. The smallest absolute Gasteiger partial charge is 0.438 e. The summed E-state index contributed by atoms with van der Waals surface area (Å²) in [5.74, 6) is 0.754. The molecule has 0 aliphatic rings. The van der Waals surface area contributed by atoms with E-state index in [1.165, 1.54) is 0 Å². The van der Waals surface area contributed by atoms with E-state index in [4.69, 9.17) is 4.74 Å². The monoisotopic (exact) mass is 206 g/mol. The molecule has 0 saturated carbocycles. The third-order valence-corrected chi connectivity index (χ3v) is 1.84. The largest absolute Gasteiger partial charge is 0.493 e. The van der Waals surface area contributed by atoms with Gasteiger partial charge in [0.25, 0.3) is 0 Å². The van der Waals surface area contributed by atoms with Crippen molar-refractivity contribution < 1.29 is 9.26 Å². The SMILES string of the molecule is O=c1[nH]c(CCOc2ccccc2)no1. The summed E-state index contributed by atoms with van der Waals surface area (Å²) in [6, 6.07) is 9.44. The first-order valence-corrected chi connectivity index (χ1v) is 4.57. The summed E-state index contributed by atoms with van der Waals surface area (Å²) >= 11 is 0. The third kappa shape index (κ3) is 2.70. The van der Waals surface area contributed by atoms with Crippen LogP contribution in [0.25, 0.3) is 0 Å². The van der Waals surface area contributed by atoms with Gasteiger partial charge in [0.05, 0.1) is 6.61 Å². The molecule has 0 atom stereocenters. The first kappa shape index (κ1) is 9.51. The van der Waals surface area contributed by atoms with Gasteiger partial charge in [-0.15, -0.1) is 0 Å². The second kappa shape index (κ2) is 4.45. The number of H-pyrrole nitrogens is 1. The van der Waals surface area contributed by atoms with Crippen molar-refractivity contribution in [3.8, 4) is 5.75 Å². The minimum Gasteiger partial charge on any atom is -0.493 e. The van der Waals surface area contributed by atoms with Crippen LogP contribution in [0.5, 0.6) is 5.75 Å². The number of benzene rings is 1. The molecule has 5 heteroatoms. The van der Waals surface area contributed by atoms with Crippen molar-refractivity contribution in [2.24, 2.45) is 0 Å². The lowest BCUT2D eigenvalue weighted by atomic mass is 10.3. The van der Waals surface area contributed by atoms with Gasteiger partial charge < -0.3 is 4.74 Å². The van der Waals surface area contributed by atoms with Crippen LogP contribution in [-0.2, 0) is 6.42 Å². The van der Waals surface area contributed by atoms with Crippen molar-refractivity contribution in [1.29, 1.82) is 0 Å². The molecule has 2 rings (SSSR count). The molecule has 1 aromatic carbocycles. The first-order chi connectivity index (χ1) is 7.34. The molecule has 2 aromatic rings. The van der Waals surface area contributed by atoms with Crippen LogP contribution in [0.4, 0.5) is 0 Å². The van der Waals surface area contributed by atoms with Gasteiger partial charge in [-0.1, -0.05) is 23.4 Å². The molecule has 1 aromatic heterocycles. The van der Waals surface area contributed by atoms with E-state index < -0.39 is 5.76 Å². The fourth-order valence-electron chi connectivity index (χ4n) is 1.15. The second-order valence-corrected chi connectivity index (χ2v) is 2.95. The highest BCUT2D eigenvalue weighted by Gasteiger charge is 2.00. The van der Waals surface area contributed by atoms with Crippen LogP contribution >= 0.6 is 0 Å². The van der Waals surface area contributed by atoms with Crippen molar-refractivity contribution in [3.63, 3.8) is 0 Å². The van der Waals surface area contributed by atoms with E-state index in [1.54, 1.807) is 0 Å². The molecule has 0 spiro atoms. The van der Waals surface area contributed by atoms with Crippen molar-refractivity contribution in [1.82, 2.24) is 10.1 Å². The van der Waals surface area contributed by atoms with Gasteiger partial charge in [-0.2, -0.15) is 0 Å². The Morgan fingerprint density at radius 1 is 1.33 bits per heavy atom. The summed E-state index contributed by atoms with van der Waals surface area (Å²) in [5.41, 5.74) is 0. The van der Waals surface area contributed by atoms with Gasteiger partial charge in [-0.25, -0.2) is 4.79 Å². The Bertz CT molecular complexity index is 461. The Morgan fingerprint density at radius 2 is 2.13 bits per heavy atom. The average Bonchev–Trinajstić information content (AvgIpc) is 2.66. The number of nitrogens with one attached hydrogen (secondary N) is 1. The number of aromatic amines is 1. The fraction of sp³-hybridized carbons (Fsp3) is 0.200. The van der Waals surface area contributed by atoms with Crippen LogP contribution in [0.2, 0.25) is 0 Å². The lowest BCUT2D eigenvalue weighted by Crippen LogP contribution is -2.04. The highest BCUT2D eigenvalue weighted by atomic mass is 16.5. The minimum atomic E-state index is -0.537. The summed E-state index contributed by atoms with van der Waals surface area (Å²) < 4.78 is 9.77.